The molecule has 1 nitrogen and oxygen atoms in total. The van der Waals surface area contributed by atoms with Gasteiger partial charge in [0, 0.05) is 17.1 Å². The minimum Gasteiger partial charge on any atom is -0.361 e. The number of para-hydroxylation sites is 1. The summed E-state index contributed by atoms with van der Waals surface area (Å²) < 4.78 is 0. The first-order chi connectivity index (χ1) is 9.92. The fourth-order valence-electron chi connectivity index (χ4n) is 3.04. The number of aryl methyl sites for hydroxylation is 2. The summed E-state index contributed by atoms with van der Waals surface area (Å²) in [7, 11) is 0. The van der Waals surface area contributed by atoms with Crippen LogP contribution < -0.4 is 18.9 Å². The molecule has 0 aliphatic rings. The molecule has 4 rings (SSSR count). The Balaban J connectivity index is 0.00000132. The predicted molar refractivity (Wildman–Crippen MR) is 85.2 cm³/mol. The van der Waals surface area contributed by atoms with Crippen molar-refractivity contribution in [3.05, 3.63) is 78.0 Å². The standard InChI is InChI=1S/C19H16N.Li/c1-2-6-17-14(5-1)9-10-15(17)11-12-16-13-20-19-8-4-3-7-18(16)19;/h1-10,13,20H,11-12H2;/q-1;+1. The second kappa shape index (κ2) is 5.90. The molecule has 0 spiro atoms. The van der Waals surface area contributed by atoms with Gasteiger partial charge in [0.05, 0.1) is 0 Å². The van der Waals surface area contributed by atoms with Crippen LogP contribution in [0.25, 0.3) is 21.7 Å². The van der Waals surface area contributed by atoms with Crippen LogP contribution in [0.5, 0.6) is 0 Å². The Morgan fingerprint density at radius 3 is 2.67 bits per heavy atom. The molecule has 98 valence electrons. The quantitative estimate of drug-likeness (QED) is 0.430. The Hall–Kier alpha value is -1.81. The Morgan fingerprint density at radius 1 is 0.905 bits per heavy atom. The Labute approximate surface area is 136 Å². The van der Waals surface area contributed by atoms with E-state index in [1.54, 1.807) is 0 Å². The molecule has 21 heavy (non-hydrogen) atoms. The van der Waals surface area contributed by atoms with Crippen LogP contribution in [0.2, 0.25) is 0 Å². The molecule has 0 saturated heterocycles. The molecule has 0 unspecified atom stereocenters. The van der Waals surface area contributed by atoms with Crippen LogP contribution in [0.3, 0.4) is 0 Å². The number of nitrogens with one attached hydrogen (secondary N) is 1. The molecule has 4 aromatic rings. The summed E-state index contributed by atoms with van der Waals surface area (Å²) >= 11 is 0. The SMILES string of the molecule is [Li+].c1ccc2c(c1)cc[c-]2CCc1c[nH]c2ccccc12. The van der Waals surface area contributed by atoms with E-state index in [4.69, 9.17) is 0 Å². The van der Waals surface area contributed by atoms with Gasteiger partial charge in [0.25, 0.3) is 0 Å². The number of benzene rings is 2. The van der Waals surface area contributed by atoms with E-state index in [0.29, 0.717) is 0 Å². The topological polar surface area (TPSA) is 15.8 Å². The third-order valence-electron chi connectivity index (χ3n) is 4.11. The number of hydrogen-bond donors (Lipinski definition) is 1. The summed E-state index contributed by atoms with van der Waals surface area (Å²) in [6.45, 7) is 0. The van der Waals surface area contributed by atoms with Gasteiger partial charge in [0.15, 0.2) is 0 Å². The normalized spacial score (nSPS) is 10.9. The molecular weight excluding hydrogens is 249 g/mol. The summed E-state index contributed by atoms with van der Waals surface area (Å²) in [4.78, 5) is 3.36. The maximum absolute atomic E-state index is 3.36. The second-order valence-corrected chi connectivity index (χ2v) is 5.31. The van der Waals surface area contributed by atoms with Gasteiger partial charge in [-0.15, -0.1) is 40.6 Å². The number of rotatable bonds is 3. The maximum Gasteiger partial charge on any atom is 1.00 e. The molecule has 1 N–H and O–H groups in total. The molecular formula is C19H16LiN. The van der Waals surface area contributed by atoms with E-state index in [2.05, 4.69) is 71.8 Å². The van der Waals surface area contributed by atoms with E-state index in [1.165, 1.54) is 32.8 Å². The fraction of sp³-hybridized carbons (Fsp3) is 0.105. The van der Waals surface area contributed by atoms with Crippen LogP contribution in [0.15, 0.2) is 66.9 Å². The molecule has 0 saturated carbocycles. The van der Waals surface area contributed by atoms with E-state index in [-0.39, 0.29) is 18.9 Å². The first-order valence-corrected chi connectivity index (χ1v) is 7.10. The molecule has 0 radical (unpaired) electrons. The second-order valence-electron chi connectivity index (χ2n) is 5.31. The van der Waals surface area contributed by atoms with Gasteiger partial charge in [-0.2, -0.15) is 6.07 Å². The Kier molecular flexibility index (Phi) is 3.97. The molecule has 0 amide bonds. The summed E-state index contributed by atoms with van der Waals surface area (Å²) in [5, 5.41) is 4.09. The van der Waals surface area contributed by atoms with Crippen molar-refractivity contribution in [3.8, 4) is 0 Å². The van der Waals surface area contributed by atoms with Crippen LogP contribution in [0.1, 0.15) is 11.1 Å². The van der Waals surface area contributed by atoms with Gasteiger partial charge < -0.3 is 4.98 Å². The number of fused-ring (bicyclic) bond motifs is 2. The van der Waals surface area contributed by atoms with Crippen molar-refractivity contribution in [1.29, 1.82) is 0 Å². The molecule has 0 atom stereocenters. The van der Waals surface area contributed by atoms with E-state index in [1.807, 2.05) is 0 Å². The van der Waals surface area contributed by atoms with Gasteiger partial charge in [0.2, 0.25) is 0 Å². The number of H-pyrrole nitrogens is 1. The first-order valence-electron chi connectivity index (χ1n) is 7.10. The number of aromatic nitrogens is 1. The van der Waals surface area contributed by atoms with E-state index < -0.39 is 0 Å². The first kappa shape index (κ1) is 14.1. The molecule has 0 bridgehead atoms. The molecule has 0 aliphatic heterocycles. The van der Waals surface area contributed by atoms with Gasteiger partial charge in [-0.25, -0.2) is 0 Å². The zero-order chi connectivity index (χ0) is 13.4. The zero-order valence-corrected chi connectivity index (χ0v) is 12.3. The minimum absolute atomic E-state index is 0. The molecule has 2 heteroatoms. The van der Waals surface area contributed by atoms with Gasteiger partial charge in [-0.05, 0) is 18.1 Å². The van der Waals surface area contributed by atoms with Crippen molar-refractivity contribution >= 4 is 21.7 Å². The van der Waals surface area contributed by atoms with Crippen molar-refractivity contribution in [2.75, 3.05) is 0 Å². The van der Waals surface area contributed by atoms with E-state index >= 15 is 0 Å². The molecule has 1 heterocycles. The van der Waals surface area contributed by atoms with Crippen molar-refractivity contribution < 1.29 is 18.9 Å². The van der Waals surface area contributed by atoms with Gasteiger partial charge in [0.1, 0.15) is 0 Å². The monoisotopic (exact) mass is 265 g/mol. The third-order valence-corrected chi connectivity index (χ3v) is 4.11. The summed E-state index contributed by atoms with van der Waals surface area (Å²) in [5.74, 6) is 0. The number of hydrogen-bond acceptors (Lipinski definition) is 0. The summed E-state index contributed by atoms with van der Waals surface area (Å²) in [6.07, 6.45) is 4.32. The smallest absolute Gasteiger partial charge is 0.361 e. The van der Waals surface area contributed by atoms with Crippen molar-refractivity contribution in [3.63, 3.8) is 0 Å². The minimum atomic E-state index is 0. The van der Waals surface area contributed by atoms with Gasteiger partial charge in [-0.3, -0.25) is 0 Å². The van der Waals surface area contributed by atoms with Crippen LogP contribution in [0, 0.1) is 0 Å². The zero-order valence-electron chi connectivity index (χ0n) is 12.3. The van der Waals surface area contributed by atoms with Crippen LogP contribution in [0.4, 0.5) is 0 Å². The third kappa shape index (κ3) is 2.56. The van der Waals surface area contributed by atoms with Crippen molar-refractivity contribution in [2.45, 2.75) is 12.8 Å². The maximum atomic E-state index is 3.36. The van der Waals surface area contributed by atoms with E-state index in [0.717, 1.165) is 12.8 Å². The molecule has 3 aromatic carbocycles. The summed E-state index contributed by atoms with van der Waals surface area (Å²) in [6, 6.07) is 21.6. The number of aromatic amines is 1. The summed E-state index contributed by atoms with van der Waals surface area (Å²) in [5.41, 5.74) is 4.09. The molecule has 0 aliphatic carbocycles. The van der Waals surface area contributed by atoms with Gasteiger partial charge in [-0.1, -0.05) is 30.7 Å². The van der Waals surface area contributed by atoms with Crippen LogP contribution >= 0.6 is 0 Å². The fourth-order valence-corrected chi connectivity index (χ4v) is 3.04. The average Bonchev–Trinajstić information content (AvgIpc) is 3.09. The van der Waals surface area contributed by atoms with Crippen LogP contribution in [-0.2, 0) is 12.8 Å². The Bertz CT molecular complexity index is 795. The largest absolute Gasteiger partial charge is 1.00 e. The molecule has 1 aromatic heterocycles. The molecule has 0 fully saturated rings. The van der Waals surface area contributed by atoms with Gasteiger partial charge >= 0.3 is 18.9 Å². The van der Waals surface area contributed by atoms with Crippen molar-refractivity contribution in [2.24, 2.45) is 0 Å². The Morgan fingerprint density at radius 2 is 1.71 bits per heavy atom. The van der Waals surface area contributed by atoms with E-state index in [9.17, 15) is 0 Å². The van der Waals surface area contributed by atoms with Crippen LogP contribution in [-0.4, -0.2) is 4.98 Å². The average molecular weight is 265 g/mol. The predicted octanol–water partition coefficient (Wildman–Crippen LogP) is 1.83. The van der Waals surface area contributed by atoms with Crippen molar-refractivity contribution in [1.82, 2.24) is 4.98 Å².